The van der Waals surface area contributed by atoms with Crippen molar-refractivity contribution in [1.82, 2.24) is 10.1 Å². The maximum absolute atomic E-state index is 12.2. The quantitative estimate of drug-likeness (QED) is 0.935. The average Bonchev–Trinajstić information content (AvgIpc) is 3.03. The number of piperazine rings is 1. The van der Waals surface area contributed by atoms with E-state index in [4.69, 9.17) is 4.52 Å². The van der Waals surface area contributed by atoms with Crippen LogP contribution in [-0.4, -0.2) is 48.7 Å². The molecule has 0 atom stereocenters. The lowest BCUT2D eigenvalue weighted by atomic mass is 10.1. The summed E-state index contributed by atoms with van der Waals surface area (Å²) in [6.45, 7) is 11.4. The number of aromatic nitrogens is 1. The molecule has 0 bridgehead atoms. The lowest BCUT2D eigenvalue weighted by molar-refractivity contribution is 0.0988. The Labute approximate surface area is 142 Å². The van der Waals surface area contributed by atoms with E-state index in [0.29, 0.717) is 5.69 Å². The number of benzene rings is 1. The second-order valence-corrected chi connectivity index (χ2v) is 6.21. The van der Waals surface area contributed by atoms with Gasteiger partial charge in [-0.05, 0) is 44.2 Å². The monoisotopic (exact) mass is 328 g/mol. The highest BCUT2D eigenvalue weighted by atomic mass is 16.5. The highest BCUT2D eigenvalue weighted by Gasteiger charge is 2.17. The van der Waals surface area contributed by atoms with Gasteiger partial charge in [0.25, 0.3) is 5.91 Å². The van der Waals surface area contributed by atoms with Crippen LogP contribution < -0.4 is 10.2 Å². The second-order valence-electron chi connectivity index (χ2n) is 6.21. The minimum atomic E-state index is -0.275. The first-order chi connectivity index (χ1) is 11.6. The first kappa shape index (κ1) is 16.5. The number of carbonyl (C=O) groups excluding carboxylic acids is 1. The van der Waals surface area contributed by atoms with Crippen LogP contribution in [0, 0.1) is 13.8 Å². The van der Waals surface area contributed by atoms with Gasteiger partial charge in [-0.25, -0.2) is 0 Å². The van der Waals surface area contributed by atoms with Gasteiger partial charge in [0.15, 0.2) is 0 Å². The Morgan fingerprint density at radius 2 is 1.96 bits per heavy atom. The van der Waals surface area contributed by atoms with E-state index in [0.717, 1.165) is 44.0 Å². The van der Waals surface area contributed by atoms with Gasteiger partial charge in [-0.1, -0.05) is 12.1 Å². The normalized spacial score (nSPS) is 15.5. The Hall–Kier alpha value is -2.34. The van der Waals surface area contributed by atoms with Crippen molar-refractivity contribution >= 4 is 17.3 Å². The number of hydrogen-bond acceptors (Lipinski definition) is 5. The van der Waals surface area contributed by atoms with E-state index in [1.54, 1.807) is 13.0 Å². The van der Waals surface area contributed by atoms with Crippen LogP contribution in [0.1, 0.15) is 28.7 Å². The van der Waals surface area contributed by atoms with Crippen LogP contribution in [0.3, 0.4) is 0 Å². The van der Waals surface area contributed by atoms with Crippen LogP contribution >= 0.6 is 0 Å². The fourth-order valence-corrected chi connectivity index (χ4v) is 2.96. The summed E-state index contributed by atoms with van der Waals surface area (Å²) in [7, 11) is 0. The standard InChI is InChI=1S/C18H24N4O2/c1-4-21-7-9-22(10-8-21)15-5-6-16(13(2)11-15)19-18(23)17-12-14(3)20-24-17/h5-6,11-12H,4,7-10H2,1-3H3,(H,19,23). The zero-order valence-electron chi connectivity index (χ0n) is 14.5. The summed E-state index contributed by atoms with van der Waals surface area (Å²) >= 11 is 0. The fourth-order valence-electron chi connectivity index (χ4n) is 2.96. The third-order valence-electron chi connectivity index (χ3n) is 4.49. The molecule has 0 radical (unpaired) electrons. The lowest BCUT2D eigenvalue weighted by Gasteiger charge is -2.35. The van der Waals surface area contributed by atoms with Crippen molar-refractivity contribution in [3.63, 3.8) is 0 Å². The van der Waals surface area contributed by atoms with Gasteiger partial charge in [0.1, 0.15) is 0 Å². The molecule has 1 aliphatic heterocycles. The predicted molar refractivity (Wildman–Crippen MR) is 94.7 cm³/mol. The van der Waals surface area contributed by atoms with Crippen molar-refractivity contribution < 1.29 is 9.32 Å². The van der Waals surface area contributed by atoms with Crippen molar-refractivity contribution in [3.8, 4) is 0 Å². The van der Waals surface area contributed by atoms with Crippen LogP contribution in [-0.2, 0) is 0 Å². The highest BCUT2D eigenvalue weighted by Crippen LogP contribution is 2.24. The average molecular weight is 328 g/mol. The number of amides is 1. The molecule has 6 nitrogen and oxygen atoms in total. The number of nitrogens with one attached hydrogen (secondary N) is 1. The van der Waals surface area contributed by atoms with E-state index in [1.807, 2.05) is 13.0 Å². The second kappa shape index (κ2) is 7.05. The van der Waals surface area contributed by atoms with Gasteiger partial charge in [-0.3, -0.25) is 4.79 Å². The molecule has 6 heteroatoms. The van der Waals surface area contributed by atoms with Crippen molar-refractivity contribution in [3.05, 3.63) is 41.3 Å². The largest absolute Gasteiger partial charge is 0.369 e. The summed E-state index contributed by atoms with van der Waals surface area (Å²) in [6, 6.07) is 7.78. The molecule has 0 unspecified atom stereocenters. The Bertz CT molecular complexity index is 718. The van der Waals surface area contributed by atoms with Crippen LogP contribution in [0.5, 0.6) is 0 Å². The summed E-state index contributed by atoms with van der Waals surface area (Å²) in [4.78, 5) is 17.0. The van der Waals surface area contributed by atoms with Crippen molar-refractivity contribution in [2.24, 2.45) is 0 Å². The molecule has 1 fully saturated rings. The third-order valence-corrected chi connectivity index (χ3v) is 4.49. The van der Waals surface area contributed by atoms with Crippen LogP contribution in [0.2, 0.25) is 0 Å². The molecule has 0 aliphatic carbocycles. The van der Waals surface area contributed by atoms with Gasteiger partial charge in [0.2, 0.25) is 5.76 Å². The number of rotatable bonds is 4. The smallest absolute Gasteiger partial charge is 0.294 e. The van der Waals surface area contributed by atoms with Gasteiger partial charge in [0, 0.05) is 43.6 Å². The minimum absolute atomic E-state index is 0.228. The SMILES string of the molecule is CCN1CCN(c2ccc(NC(=O)c3cc(C)no3)c(C)c2)CC1. The predicted octanol–water partition coefficient (Wildman–Crippen LogP) is 2.69. The van der Waals surface area contributed by atoms with Gasteiger partial charge >= 0.3 is 0 Å². The summed E-state index contributed by atoms with van der Waals surface area (Å²) < 4.78 is 5.00. The van der Waals surface area contributed by atoms with Gasteiger partial charge in [0.05, 0.1) is 5.69 Å². The van der Waals surface area contributed by atoms with Gasteiger partial charge in [-0.2, -0.15) is 0 Å². The molecule has 2 aromatic rings. The Morgan fingerprint density at radius 1 is 1.21 bits per heavy atom. The zero-order chi connectivity index (χ0) is 17.1. The van der Waals surface area contributed by atoms with E-state index in [2.05, 4.69) is 39.3 Å². The number of nitrogens with zero attached hydrogens (tertiary/aromatic N) is 3. The zero-order valence-corrected chi connectivity index (χ0v) is 14.5. The third kappa shape index (κ3) is 3.59. The minimum Gasteiger partial charge on any atom is -0.369 e. The Balaban J connectivity index is 1.67. The summed E-state index contributed by atoms with van der Waals surface area (Å²) in [5.74, 6) is -0.0466. The number of aryl methyl sites for hydroxylation is 2. The van der Waals surface area contributed by atoms with Gasteiger partial charge < -0.3 is 19.6 Å². The molecule has 1 aliphatic rings. The summed E-state index contributed by atoms with van der Waals surface area (Å²) in [5.41, 5.74) is 3.73. The van der Waals surface area contributed by atoms with Crippen LogP contribution in [0.25, 0.3) is 0 Å². The first-order valence-corrected chi connectivity index (χ1v) is 8.39. The molecule has 1 saturated heterocycles. The molecule has 24 heavy (non-hydrogen) atoms. The lowest BCUT2D eigenvalue weighted by Crippen LogP contribution is -2.46. The number of likely N-dealkylation sites (N-methyl/N-ethyl adjacent to an activating group) is 1. The van der Waals surface area contributed by atoms with E-state index in [-0.39, 0.29) is 11.7 Å². The van der Waals surface area contributed by atoms with Crippen molar-refractivity contribution in [1.29, 1.82) is 0 Å². The molecular formula is C18H24N4O2. The number of anilines is 2. The molecule has 128 valence electrons. The first-order valence-electron chi connectivity index (χ1n) is 8.39. The van der Waals surface area contributed by atoms with Crippen molar-refractivity contribution in [2.45, 2.75) is 20.8 Å². The maximum atomic E-state index is 12.2. The topological polar surface area (TPSA) is 61.6 Å². The number of carbonyl (C=O) groups is 1. The fraction of sp³-hybridized carbons (Fsp3) is 0.444. The summed E-state index contributed by atoms with van der Waals surface area (Å²) in [5, 5.41) is 6.63. The maximum Gasteiger partial charge on any atom is 0.294 e. The van der Waals surface area contributed by atoms with Crippen molar-refractivity contribution in [2.75, 3.05) is 42.9 Å². The molecule has 1 aromatic heterocycles. The molecule has 1 aromatic carbocycles. The van der Waals surface area contributed by atoms with Crippen LogP contribution in [0.15, 0.2) is 28.8 Å². The van der Waals surface area contributed by atoms with Gasteiger partial charge in [-0.15, -0.1) is 0 Å². The summed E-state index contributed by atoms with van der Waals surface area (Å²) in [6.07, 6.45) is 0. The molecular weight excluding hydrogens is 304 g/mol. The van der Waals surface area contributed by atoms with E-state index in [1.165, 1.54) is 5.69 Å². The number of hydrogen-bond donors (Lipinski definition) is 1. The Morgan fingerprint density at radius 3 is 2.54 bits per heavy atom. The van der Waals surface area contributed by atoms with E-state index >= 15 is 0 Å². The van der Waals surface area contributed by atoms with Crippen LogP contribution in [0.4, 0.5) is 11.4 Å². The Kier molecular flexibility index (Phi) is 4.85. The van der Waals surface area contributed by atoms with E-state index in [9.17, 15) is 4.79 Å². The van der Waals surface area contributed by atoms with E-state index < -0.39 is 0 Å². The molecule has 0 saturated carbocycles. The molecule has 1 N–H and O–H groups in total. The molecule has 2 heterocycles. The molecule has 0 spiro atoms. The highest BCUT2D eigenvalue weighted by molar-refractivity contribution is 6.02. The molecule has 3 rings (SSSR count). The molecule has 1 amide bonds.